The van der Waals surface area contributed by atoms with Crippen molar-refractivity contribution in [3.63, 3.8) is 0 Å². The van der Waals surface area contributed by atoms with Crippen LogP contribution in [0, 0.1) is 0 Å². The van der Waals surface area contributed by atoms with Crippen molar-refractivity contribution in [1.82, 2.24) is 34.1 Å². The summed E-state index contributed by atoms with van der Waals surface area (Å²) in [5.41, 5.74) is -0.00848. The molecule has 0 saturated carbocycles. The molecule has 0 saturated heterocycles. The van der Waals surface area contributed by atoms with Gasteiger partial charge in [-0.05, 0) is 0 Å². The van der Waals surface area contributed by atoms with Gasteiger partial charge in [-0.25, -0.2) is 9.78 Å². The third-order valence-electron chi connectivity index (χ3n) is 4.20. The maximum Gasteiger partial charge on any atom is 0.332 e. The Morgan fingerprint density at radius 1 is 1.19 bits per heavy atom. The van der Waals surface area contributed by atoms with E-state index in [-0.39, 0.29) is 5.56 Å². The number of fused-ring (bicyclic) bond motifs is 1. The van der Waals surface area contributed by atoms with Crippen LogP contribution in [0.15, 0.2) is 20.4 Å². The van der Waals surface area contributed by atoms with Crippen LogP contribution in [0.2, 0.25) is 0 Å². The normalized spacial score (nSPS) is 11.7. The van der Waals surface area contributed by atoms with Crippen LogP contribution in [0.25, 0.3) is 11.2 Å². The number of nitrogens with zero attached hydrogens (tertiary/aromatic N) is 6. The quantitative estimate of drug-likeness (QED) is 0.609. The molecule has 1 N–H and O–H groups in total. The SMILES string of the molecule is CC(C)NCCc1nc(CCn2cnc3c2c(=O)n(C)c(=O)n3C)no1. The zero-order chi connectivity index (χ0) is 18.8. The van der Waals surface area contributed by atoms with Crippen molar-refractivity contribution in [1.29, 1.82) is 0 Å². The van der Waals surface area contributed by atoms with Crippen molar-refractivity contribution in [2.45, 2.75) is 39.3 Å². The van der Waals surface area contributed by atoms with E-state index >= 15 is 0 Å². The van der Waals surface area contributed by atoms with Crippen molar-refractivity contribution in [2.75, 3.05) is 6.54 Å². The summed E-state index contributed by atoms with van der Waals surface area (Å²) in [6, 6.07) is 0.408. The molecule has 3 heterocycles. The van der Waals surface area contributed by atoms with E-state index in [1.165, 1.54) is 11.6 Å². The third kappa shape index (κ3) is 3.45. The second-order valence-electron chi connectivity index (χ2n) is 6.53. The molecular formula is C16H23N7O3. The van der Waals surface area contributed by atoms with Crippen LogP contribution in [-0.2, 0) is 33.5 Å². The number of aromatic nitrogens is 6. The molecule has 0 aliphatic heterocycles. The highest BCUT2D eigenvalue weighted by Gasteiger charge is 2.15. The predicted octanol–water partition coefficient (Wildman–Crippen LogP) is -0.400. The summed E-state index contributed by atoms with van der Waals surface area (Å²) in [5, 5.41) is 7.27. The van der Waals surface area contributed by atoms with Crippen LogP contribution in [0.3, 0.4) is 0 Å². The molecule has 10 nitrogen and oxygen atoms in total. The molecule has 3 rings (SSSR count). The topological polar surface area (TPSA) is 113 Å². The maximum atomic E-state index is 12.4. The summed E-state index contributed by atoms with van der Waals surface area (Å²) < 4.78 is 9.40. The number of hydrogen-bond acceptors (Lipinski definition) is 7. The molecule has 0 amide bonds. The summed E-state index contributed by atoms with van der Waals surface area (Å²) in [4.78, 5) is 32.9. The van der Waals surface area contributed by atoms with Crippen LogP contribution in [0.5, 0.6) is 0 Å². The van der Waals surface area contributed by atoms with Crippen molar-refractivity contribution in [3.8, 4) is 0 Å². The van der Waals surface area contributed by atoms with Crippen molar-refractivity contribution >= 4 is 11.2 Å². The minimum atomic E-state index is -0.398. The highest BCUT2D eigenvalue weighted by Crippen LogP contribution is 2.07. The van der Waals surface area contributed by atoms with Crippen molar-refractivity contribution in [3.05, 3.63) is 38.9 Å². The monoisotopic (exact) mass is 361 g/mol. The van der Waals surface area contributed by atoms with Gasteiger partial charge in [0.1, 0.15) is 0 Å². The lowest BCUT2D eigenvalue weighted by Gasteiger charge is -2.05. The van der Waals surface area contributed by atoms with Gasteiger partial charge in [0.2, 0.25) is 5.89 Å². The first-order valence-corrected chi connectivity index (χ1v) is 8.54. The Labute approximate surface area is 149 Å². The van der Waals surface area contributed by atoms with E-state index in [0.29, 0.717) is 48.3 Å². The molecular weight excluding hydrogens is 338 g/mol. The summed E-state index contributed by atoms with van der Waals surface area (Å²) in [7, 11) is 3.05. The van der Waals surface area contributed by atoms with Crippen LogP contribution in [0.1, 0.15) is 25.6 Å². The van der Waals surface area contributed by atoms with Gasteiger partial charge >= 0.3 is 5.69 Å². The molecule has 0 unspecified atom stereocenters. The number of nitrogens with one attached hydrogen (secondary N) is 1. The lowest BCUT2D eigenvalue weighted by atomic mass is 10.3. The van der Waals surface area contributed by atoms with Crippen molar-refractivity contribution in [2.24, 2.45) is 14.1 Å². The van der Waals surface area contributed by atoms with Gasteiger partial charge in [0.15, 0.2) is 17.0 Å². The fourth-order valence-electron chi connectivity index (χ4n) is 2.75. The minimum Gasteiger partial charge on any atom is -0.339 e. The van der Waals surface area contributed by atoms with E-state index in [2.05, 4.69) is 34.3 Å². The van der Waals surface area contributed by atoms with Gasteiger partial charge in [-0.15, -0.1) is 0 Å². The summed E-state index contributed by atoms with van der Waals surface area (Å²) in [5.74, 6) is 1.16. The second-order valence-corrected chi connectivity index (χ2v) is 6.53. The zero-order valence-corrected chi connectivity index (χ0v) is 15.4. The largest absolute Gasteiger partial charge is 0.339 e. The van der Waals surface area contributed by atoms with Gasteiger partial charge in [0.25, 0.3) is 5.56 Å². The first-order chi connectivity index (χ1) is 12.4. The van der Waals surface area contributed by atoms with Crippen LogP contribution >= 0.6 is 0 Å². The molecule has 0 radical (unpaired) electrons. The van der Waals surface area contributed by atoms with E-state index in [9.17, 15) is 9.59 Å². The molecule has 0 aliphatic carbocycles. The highest BCUT2D eigenvalue weighted by atomic mass is 16.5. The number of aryl methyl sites for hydroxylation is 3. The Balaban J connectivity index is 1.74. The Hall–Kier alpha value is -2.75. The average molecular weight is 361 g/mol. The maximum absolute atomic E-state index is 12.4. The summed E-state index contributed by atoms with van der Waals surface area (Å²) >= 11 is 0. The van der Waals surface area contributed by atoms with Gasteiger partial charge in [-0.2, -0.15) is 4.98 Å². The average Bonchev–Trinajstić information content (AvgIpc) is 3.22. The number of rotatable bonds is 7. The van der Waals surface area contributed by atoms with E-state index in [0.717, 1.165) is 11.1 Å². The van der Waals surface area contributed by atoms with Gasteiger partial charge < -0.3 is 14.4 Å². The standard InChI is InChI=1S/C16H23N7O3/c1-10(2)17-7-5-12-19-11(20-26-12)6-8-23-9-18-14-13(23)15(24)22(4)16(25)21(14)3/h9-10,17H,5-8H2,1-4H3. The second kappa shape index (κ2) is 7.24. The highest BCUT2D eigenvalue weighted by molar-refractivity contribution is 5.69. The summed E-state index contributed by atoms with van der Waals surface area (Å²) in [6.45, 7) is 5.40. The van der Waals surface area contributed by atoms with Gasteiger partial charge in [-0.1, -0.05) is 19.0 Å². The van der Waals surface area contributed by atoms with Gasteiger partial charge in [0.05, 0.1) is 6.33 Å². The Morgan fingerprint density at radius 3 is 2.69 bits per heavy atom. The van der Waals surface area contributed by atoms with E-state index in [1.54, 1.807) is 17.9 Å². The molecule has 0 fully saturated rings. The Kier molecular flexibility index (Phi) is 5.03. The Morgan fingerprint density at radius 2 is 1.96 bits per heavy atom. The molecule has 140 valence electrons. The van der Waals surface area contributed by atoms with Gasteiger partial charge in [0, 0.05) is 46.1 Å². The van der Waals surface area contributed by atoms with E-state index in [1.807, 2.05) is 0 Å². The number of imidazole rings is 1. The lowest BCUT2D eigenvalue weighted by Crippen LogP contribution is -2.37. The number of hydrogen-bond donors (Lipinski definition) is 1. The first kappa shape index (κ1) is 18.1. The first-order valence-electron chi connectivity index (χ1n) is 8.54. The molecule has 10 heteroatoms. The third-order valence-corrected chi connectivity index (χ3v) is 4.20. The molecule has 0 atom stereocenters. The van der Waals surface area contributed by atoms with E-state index < -0.39 is 5.69 Å². The Bertz CT molecular complexity index is 1020. The minimum absolute atomic E-state index is 0.367. The molecule has 0 aromatic carbocycles. The molecule has 26 heavy (non-hydrogen) atoms. The zero-order valence-electron chi connectivity index (χ0n) is 15.4. The van der Waals surface area contributed by atoms with Crippen molar-refractivity contribution < 1.29 is 4.52 Å². The fourth-order valence-corrected chi connectivity index (χ4v) is 2.75. The molecule has 3 aromatic rings. The lowest BCUT2D eigenvalue weighted by molar-refractivity contribution is 0.368. The summed E-state index contributed by atoms with van der Waals surface area (Å²) in [6.07, 6.45) is 2.72. The molecule has 0 aliphatic rings. The molecule has 0 bridgehead atoms. The van der Waals surface area contributed by atoms with Crippen LogP contribution in [0.4, 0.5) is 0 Å². The van der Waals surface area contributed by atoms with Crippen LogP contribution < -0.4 is 16.6 Å². The van der Waals surface area contributed by atoms with Crippen LogP contribution in [-0.4, -0.2) is 41.4 Å². The van der Waals surface area contributed by atoms with Gasteiger partial charge in [-0.3, -0.25) is 13.9 Å². The predicted molar refractivity (Wildman–Crippen MR) is 95.1 cm³/mol. The fraction of sp³-hybridized carbons (Fsp3) is 0.562. The van der Waals surface area contributed by atoms with E-state index in [4.69, 9.17) is 4.52 Å². The smallest absolute Gasteiger partial charge is 0.332 e. The molecule has 3 aromatic heterocycles. The molecule has 0 spiro atoms.